The van der Waals surface area contributed by atoms with Crippen molar-refractivity contribution < 1.29 is 8.78 Å². The first-order valence-corrected chi connectivity index (χ1v) is 8.96. The van der Waals surface area contributed by atoms with E-state index in [1.54, 1.807) is 0 Å². The maximum absolute atomic E-state index is 13.8. The van der Waals surface area contributed by atoms with Gasteiger partial charge in [0, 0.05) is 17.8 Å². The third-order valence-corrected chi connectivity index (χ3v) is 5.34. The zero-order valence-electron chi connectivity index (χ0n) is 14.3. The van der Waals surface area contributed by atoms with E-state index in [4.69, 9.17) is 0 Å². The van der Waals surface area contributed by atoms with Crippen LogP contribution in [0.5, 0.6) is 0 Å². The van der Waals surface area contributed by atoms with E-state index in [-0.39, 0.29) is 0 Å². The fourth-order valence-corrected chi connectivity index (χ4v) is 3.80. The summed E-state index contributed by atoms with van der Waals surface area (Å²) in [5.74, 6) is -1.13. The summed E-state index contributed by atoms with van der Waals surface area (Å²) in [6, 6.07) is 7.44. The summed E-state index contributed by atoms with van der Waals surface area (Å²) in [5.41, 5.74) is 2.59. The number of nitrogens with zero attached hydrogens (tertiary/aromatic N) is 1. The molecule has 0 unspecified atom stereocenters. The molecule has 0 spiro atoms. The van der Waals surface area contributed by atoms with E-state index < -0.39 is 11.6 Å². The highest BCUT2D eigenvalue weighted by atomic mass is 19.1. The monoisotopic (exact) mass is 329 g/mol. The van der Waals surface area contributed by atoms with Crippen molar-refractivity contribution in [3.05, 3.63) is 53.7 Å². The average molecular weight is 329 g/mol. The Hall–Kier alpha value is -1.77. The molecule has 3 rings (SSSR count). The minimum atomic E-state index is -0.569. The van der Waals surface area contributed by atoms with Crippen LogP contribution in [0.1, 0.15) is 57.4 Å². The summed E-state index contributed by atoms with van der Waals surface area (Å²) < 4.78 is 26.8. The largest absolute Gasteiger partial charge is 0.256 e. The SMILES string of the molecule is CC1(CCCc2ccc(-c3ccc(F)cc3F)nc2)CCCCC1. The molecular formula is C21H25F2N. The van der Waals surface area contributed by atoms with Crippen LogP contribution in [0, 0.1) is 17.0 Å². The second-order valence-corrected chi connectivity index (χ2v) is 7.40. The number of halogens is 2. The zero-order chi connectivity index (χ0) is 17.0. The van der Waals surface area contributed by atoms with Crippen LogP contribution in [0.4, 0.5) is 8.78 Å². The molecule has 3 heteroatoms. The first-order valence-electron chi connectivity index (χ1n) is 8.96. The Morgan fingerprint density at radius 2 is 1.83 bits per heavy atom. The quantitative estimate of drug-likeness (QED) is 0.625. The van der Waals surface area contributed by atoms with E-state index in [9.17, 15) is 8.78 Å². The molecule has 1 nitrogen and oxygen atoms in total. The molecule has 128 valence electrons. The van der Waals surface area contributed by atoms with E-state index in [0.29, 0.717) is 16.7 Å². The normalized spacial score (nSPS) is 17.0. The Morgan fingerprint density at radius 3 is 2.50 bits per heavy atom. The Kier molecular flexibility index (Phi) is 5.27. The Bertz CT molecular complexity index is 673. The zero-order valence-corrected chi connectivity index (χ0v) is 14.3. The molecule has 2 aromatic rings. The van der Waals surface area contributed by atoms with Crippen LogP contribution in [-0.4, -0.2) is 4.98 Å². The lowest BCUT2D eigenvalue weighted by Gasteiger charge is -2.33. The molecule has 24 heavy (non-hydrogen) atoms. The van der Waals surface area contributed by atoms with Crippen LogP contribution in [0.3, 0.4) is 0 Å². The third kappa shape index (κ3) is 4.19. The van der Waals surface area contributed by atoms with E-state index in [1.807, 2.05) is 18.3 Å². The van der Waals surface area contributed by atoms with Crippen molar-refractivity contribution in [3.63, 3.8) is 0 Å². The van der Waals surface area contributed by atoms with Gasteiger partial charge in [-0.25, -0.2) is 8.78 Å². The number of benzene rings is 1. The standard InChI is InChI=1S/C21H25F2N/c1-21(11-3-2-4-12-21)13-5-6-16-7-10-20(24-15-16)18-9-8-17(22)14-19(18)23/h7-10,14-15H,2-6,11-13H2,1H3. The van der Waals surface area contributed by atoms with Crippen molar-refractivity contribution >= 4 is 0 Å². The maximum atomic E-state index is 13.8. The fraction of sp³-hybridized carbons (Fsp3) is 0.476. The summed E-state index contributed by atoms with van der Waals surface area (Å²) in [6.45, 7) is 2.42. The molecule has 0 N–H and O–H groups in total. The number of aryl methyl sites for hydroxylation is 1. The van der Waals surface area contributed by atoms with Crippen LogP contribution in [0.25, 0.3) is 11.3 Å². The van der Waals surface area contributed by atoms with Gasteiger partial charge in [0.15, 0.2) is 0 Å². The molecule has 0 saturated heterocycles. The minimum Gasteiger partial charge on any atom is -0.256 e. The summed E-state index contributed by atoms with van der Waals surface area (Å²) in [4.78, 5) is 4.36. The first kappa shape index (κ1) is 17.1. The Labute approximate surface area is 143 Å². The molecule has 1 saturated carbocycles. The lowest BCUT2D eigenvalue weighted by atomic mass is 9.72. The highest BCUT2D eigenvalue weighted by molar-refractivity contribution is 5.59. The first-order chi connectivity index (χ1) is 11.6. The third-order valence-electron chi connectivity index (χ3n) is 5.34. The lowest BCUT2D eigenvalue weighted by Crippen LogP contribution is -2.20. The predicted octanol–water partition coefficient (Wildman–Crippen LogP) is 6.32. The van der Waals surface area contributed by atoms with Crippen molar-refractivity contribution in [2.24, 2.45) is 5.41 Å². The molecule has 1 aliphatic rings. The van der Waals surface area contributed by atoms with Crippen LogP contribution < -0.4 is 0 Å². The highest BCUT2D eigenvalue weighted by Gasteiger charge is 2.25. The number of rotatable bonds is 5. The van der Waals surface area contributed by atoms with Crippen molar-refractivity contribution in [2.45, 2.75) is 58.3 Å². The van der Waals surface area contributed by atoms with E-state index in [2.05, 4.69) is 11.9 Å². The van der Waals surface area contributed by atoms with Gasteiger partial charge in [0.1, 0.15) is 11.6 Å². The molecule has 1 aromatic carbocycles. The summed E-state index contributed by atoms with van der Waals surface area (Å²) in [5, 5.41) is 0. The Balaban J connectivity index is 1.58. The van der Waals surface area contributed by atoms with Crippen molar-refractivity contribution in [1.29, 1.82) is 0 Å². The predicted molar refractivity (Wildman–Crippen MR) is 93.7 cm³/mol. The molecule has 1 fully saturated rings. The Morgan fingerprint density at radius 1 is 1.04 bits per heavy atom. The minimum absolute atomic E-state index is 0.345. The van der Waals surface area contributed by atoms with E-state index in [1.165, 1.54) is 62.6 Å². The van der Waals surface area contributed by atoms with Crippen LogP contribution in [0.2, 0.25) is 0 Å². The second-order valence-electron chi connectivity index (χ2n) is 7.40. The average Bonchev–Trinajstić information content (AvgIpc) is 2.56. The fourth-order valence-electron chi connectivity index (χ4n) is 3.80. The summed E-state index contributed by atoms with van der Waals surface area (Å²) >= 11 is 0. The van der Waals surface area contributed by atoms with Gasteiger partial charge in [-0.3, -0.25) is 4.98 Å². The van der Waals surface area contributed by atoms with Gasteiger partial charge in [-0.05, 0) is 61.3 Å². The molecule has 0 radical (unpaired) electrons. The van der Waals surface area contributed by atoms with E-state index in [0.717, 1.165) is 12.5 Å². The van der Waals surface area contributed by atoms with E-state index >= 15 is 0 Å². The molecule has 1 aromatic heterocycles. The van der Waals surface area contributed by atoms with Crippen LogP contribution >= 0.6 is 0 Å². The van der Waals surface area contributed by atoms with Gasteiger partial charge >= 0.3 is 0 Å². The molecular weight excluding hydrogens is 304 g/mol. The number of hydrogen-bond donors (Lipinski definition) is 0. The van der Waals surface area contributed by atoms with Crippen molar-refractivity contribution in [2.75, 3.05) is 0 Å². The number of aromatic nitrogens is 1. The molecule has 0 bridgehead atoms. The molecule has 0 amide bonds. The van der Waals surface area contributed by atoms with Gasteiger partial charge in [0.2, 0.25) is 0 Å². The highest BCUT2D eigenvalue weighted by Crippen LogP contribution is 2.39. The van der Waals surface area contributed by atoms with Crippen molar-refractivity contribution in [3.8, 4) is 11.3 Å². The molecule has 1 aliphatic carbocycles. The van der Waals surface area contributed by atoms with Gasteiger partial charge in [0.25, 0.3) is 0 Å². The number of hydrogen-bond acceptors (Lipinski definition) is 1. The van der Waals surface area contributed by atoms with Crippen LogP contribution in [0.15, 0.2) is 36.5 Å². The van der Waals surface area contributed by atoms with Crippen LogP contribution in [-0.2, 0) is 6.42 Å². The van der Waals surface area contributed by atoms with Crippen molar-refractivity contribution in [1.82, 2.24) is 4.98 Å². The smallest absolute Gasteiger partial charge is 0.135 e. The van der Waals surface area contributed by atoms with Gasteiger partial charge in [-0.1, -0.05) is 32.3 Å². The van der Waals surface area contributed by atoms with Gasteiger partial charge in [0.05, 0.1) is 5.69 Å². The molecule has 0 aliphatic heterocycles. The second kappa shape index (κ2) is 7.42. The van der Waals surface area contributed by atoms with Gasteiger partial charge in [-0.2, -0.15) is 0 Å². The van der Waals surface area contributed by atoms with Gasteiger partial charge in [-0.15, -0.1) is 0 Å². The van der Waals surface area contributed by atoms with Gasteiger partial charge < -0.3 is 0 Å². The molecule has 0 atom stereocenters. The molecule has 1 heterocycles. The summed E-state index contributed by atoms with van der Waals surface area (Å²) in [6.07, 6.45) is 12.1. The summed E-state index contributed by atoms with van der Waals surface area (Å²) in [7, 11) is 0. The topological polar surface area (TPSA) is 12.9 Å². The maximum Gasteiger partial charge on any atom is 0.135 e. The lowest BCUT2D eigenvalue weighted by molar-refractivity contribution is 0.194. The number of pyridine rings is 1.